The third kappa shape index (κ3) is 6.18. The first-order chi connectivity index (χ1) is 17.0. The number of rotatable bonds is 10. The molecule has 0 fully saturated rings. The minimum atomic E-state index is -0.440. The van der Waals surface area contributed by atoms with Crippen molar-refractivity contribution in [2.24, 2.45) is 0 Å². The number of nitro benzene ring substituents is 1. The van der Waals surface area contributed by atoms with E-state index in [1.54, 1.807) is 16.8 Å². The Hall–Kier alpha value is -4.30. The molecule has 0 aliphatic rings. The normalized spacial score (nSPS) is 10.8. The Labute approximate surface area is 203 Å². The number of nitro groups is 1. The molecule has 0 aliphatic heterocycles. The van der Waals surface area contributed by atoms with Crippen LogP contribution >= 0.6 is 0 Å². The van der Waals surface area contributed by atoms with Gasteiger partial charge in [-0.05, 0) is 42.3 Å². The molecule has 0 saturated heterocycles. The maximum absolute atomic E-state index is 12.8. The quantitative estimate of drug-likeness (QED) is 0.264. The van der Waals surface area contributed by atoms with Gasteiger partial charge >= 0.3 is 0 Å². The van der Waals surface area contributed by atoms with Crippen molar-refractivity contribution in [2.45, 2.75) is 26.5 Å². The summed E-state index contributed by atoms with van der Waals surface area (Å²) in [6.07, 6.45) is 1.95. The molecule has 1 aromatic heterocycles. The lowest BCUT2D eigenvalue weighted by atomic mass is 10.1. The molecule has 0 aliphatic carbocycles. The topological polar surface area (TPSA) is 99.3 Å². The maximum atomic E-state index is 12.8. The molecule has 1 N–H and O–H groups in total. The lowest BCUT2D eigenvalue weighted by molar-refractivity contribution is -0.384. The van der Waals surface area contributed by atoms with Gasteiger partial charge in [0.25, 0.3) is 5.69 Å². The van der Waals surface area contributed by atoms with Crippen LogP contribution in [-0.4, -0.2) is 27.2 Å². The Kier molecular flexibility index (Phi) is 7.64. The summed E-state index contributed by atoms with van der Waals surface area (Å²) in [5.41, 5.74) is 4.99. The van der Waals surface area contributed by atoms with E-state index in [9.17, 15) is 14.9 Å². The number of amides is 1. The van der Waals surface area contributed by atoms with Gasteiger partial charge in [-0.3, -0.25) is 14.9 Å². The van der Waals surface area contributed by atoms with Gasteiger partial charge in [-0.15, -0.1) is 0 Å². The van der Waals surface area contributed by atoms with Gasteiger partial charge in [0.05, 0.1) is 29.3 Å². The zero-order valence-electron chi connectivity index (χ0n) is 19.4. The van der Waals surface area contributed by atoms with Crippen LogP contribution in [0.5, 0.6) is 0 Å². The summed E-state index contributed by atoms with van der Waals surface area (Å²) in [7, 11) is 0. The summed E-state index contributed by atoms with van der Waals surface area (Å²) in [4.78, 5) is 23.4. The fourth-order valence-electron chi connectivity index (χ4n) is 3.65. The van der Waals surface area contributed by atoms with Crippen molar-refractivity contribution in [1.29, 1.82) is 0 Å². The van der Waals surface area contributed by atoms with Gasteiger partial charge in [-0.25, -0.2) is 4.68 Å². The number of nitrogens with one attached hydrogen (secondary N) is 1. The molecule has 0 atom stereocenters. The summed E-state index contributed by atoms with van der Waals surface area (Å²) in [5, 5.41) is 18.7. The van der Waals surface area contributed by atoms with Crippen molar-refractivity contribution in [3.8, 4) is 16.9 Å². The smallest absolute Gasteiger partial charge is 0.269 e. The van der Waals surface area contributed by atoms with Crippen LogP contribution in [0.4, 0.5) is 5.69 Å². The number of non-ortho nitro benzene ring substituents is 1. The first-order valence-corrected chi connectivity index (χ1v) is 11.3. The highest BCUT2D eigenvalue weighted by Gasteiger charge is 2.16. The van der Waals surface area contributed by atoms with Crippen LogP contribution in [0.2, 0.25) is 0 Å². The number of ether oxygens (including phenoxy) is 1. The van der Waals surface area contributed by atoms with Crippen LogP contribution in [0.1, 0.15) is 23.6 Å². The zero-order chi connectivity index (χ0) is 24.6. The molecule has 4 aromatic rings. The van der Waals surface area contributed by atoms with Crippen LogP contribution in [0.3, 0.4) is 0 Å². The average Bonchev–Trinajstić information content (AvgIpc) is 3.31. The van der Waals surface area contributed by atoms with Crippen LogP contribution in [0.15, 0.2) is 85.1 Å². The van der Waals surface area contributed by atoms with Gasteiger partial charge in [0.15, 0.2) is 0 Å². The van der Waals surface area contributed by atoms with Crippen molar-refractivity contribution in [2.75, 3.05) is 6.61 Å². The molecule has 0 saturated carbocycles. The van der Waals surface area contributed by atoms with Crippen LogP contribution < -0.4 is 5.32 Å². The van der Waals surface area contributed by atoms with E-state index in [4.69, 9.17) is 4.74 Å². The summed E-state index contributed by atoms with van der Waals surface area (Å²) >= 11 is 0. The Bertz CT molecular complexity index is 1280. The molecule has 0 spiro atoms. The predicted molar refractivity (Wildman–Crippen MR) is 133 cm³/mol. The maximum Gasteiger partial charge on any atom is 0.269 e. The van der Waals surface area contributed by atoms with E-state index in [0.717, 1.165) is 22.4 Å². The van der Waals surface area contributed by atoms with E-state index in [1.807, 2.05) is 67.7 Å². The zero-order valence-corrected chi connectivity index (χ0v) is 19.4. The number of hydrogen-bond donors (Lipinski definition) is 1. The second-order valence-corrected chi connectivity index (χ2v) is 7.99. The Morgan fingerprint density at radius 3 is 2.34 bits per heavy atom. The molecular weight excluding hydrogens is 444 g/mol. The van der Waals surface area contributed by atoms with Gasteiger partial charge in [0.2, 0.25) is 5.91 Å². The lowest BCUT2D eigenvalue weighted by Gasteiger charge is -2.07. The summed E-state index contributed by atoms with van der Waals surface area (Å²) in [6.45, 7) is 3.61. The van der Waals surface area contributed by atoms with Crippen molar-refractivity contribution in [3.63, 3.8) is 0 Å². The first-order valence-electron chi connectivity index (χ1n) is 11.3. The fraction of sp³-hybridized carbons (Fsp3) is 0.185. The molecule has 4 rings (SSSR count). The van der Waals surface area contributed by atoms with E-state index in [0.29, 0.717) is 31.0 Å². The van der Waals surface area contributed by atoms with Gasteiger partial charge in [0, 0.05) is 42.6 Å². The monoisotopic (exact) mass is 470 g/mol. The molecule has 178 valence electrons. The summed E-state index contributed by atoms with van der Waals surface area (Å²) in [5.74, 6) is -0.140. The molecular formula is C27H26N4O4. The molecule has 3 aromatic carbocycles. The number of carbonyl (C=O) groups excluding carboxylic acids is 1. The molecule has 8 heteroatoms. The highest BCUT2D eigenvalue weighted by Crippen LogP contribution is 2.26. The highest BCUT2D eigenvalue weighted by molar-refractivity contribution is 5.81. The van der Waals surface area contributed by atoms with E-state index < -0.39 is 4.92 Å². The number of carbonyl (C=O) groups is 1. The first kappa shape index (κ1) is 23.8. The molecule has 1 amide bonds. The number of nitrogens with zero attached hydrogens (tertiary/aromatic N) is 3. The Balaban J connectivity index is 1.50. The van der Waals surface area contributed by atoms with E-state index in [1.165, 1.54) is 12.1 Å². The standard InChI is InChI=1S/C27H26N4O4/c1-2-35-19-21-10-8-20(9-11-21)17-28-26(32)16-23-18-30(24-6-4-3-5-7-24)29-27(23)22-12-14-25(15-13-22)31(33)34/h3-15,18H,2,16-17,19H2,1H3,(H,28,32). The van der Waals surface area contributed by atoms with Crippen molar-refractivity contribution >= 4 is 11.6 Å². The van der Waals surface area contributed by atoms with Crippen LogP contribution in [-0.2, 0) is 29.1 Å². The van der Waals surface area contributed by atoms with Crippen molar-refractivity contribution in [3.05, 3.63) is 112 Å². The predicted octanol–water partition coefficient (Wildman–Crippen LogP) is 4.84. The Morgan fingerprint density at radius 1 is 1.00 bits per heavy atom. The van der Waals surface area contributed by atoms with Gasteiger partial charge in [-0.1, -0.05) is 42.5 Å². The van der Waals surface area contributed by atoms with Crippen molar-refractivity contribution in [1.82, 2.24) is 15.1 Å². The lowest BCUT2D eigenvalue weighted by Crippen LogP contribution is -2.24. The number of hydrogen-bond acceptors (Lipinski definition) is 5. The average molecular weight is 471 g/mol. The highest BCUT2D eigenvalue weighted by atomic mass is 16.6. The third-order valence-corrected chi connectivity index (χ3v) is 5.50. The summed E-state index contributed by atoms with van der Waals surface area (Å²) in [6, 6.07) is 23.7. The molecule has 0 radical (unpaired) electrons. The number of para-hydroxylation sites is 1. The number of aromatic nitrogens is 2. The molecule has 1 heterocycles. The van der Waals surface area contributed by atoms with Crippen molar-refractivity contribution < 1.29 is 14.5 Å². The minimum Gasteiger partial charge on any atom is -0.377 e. The second kappa shape index (κ2) is 11.2. The van der Waals surface area contributed by atoms with Gasteiger partial charge in [-0.2, -0.15) is 5.10 Å². The largest absolute Gasteiger partial charge is 0.377 e. The second-order valence-electron chi connectivity index (χ2n) is 7.99. The van der Waals surface area contributed by atoms with Gasteiger partial charge < -0.3 is 10.1 Å². The molecule has 0 unspecified atom stereocenters. The van der Waals surface area contributed by atoms with E-state index >= 15 is 0 Å². The third-order valence-electron chi connectivity index (χ3n) is 5.50. The molecule has 8 nitrogen and oxygen atoms in total. The van der Waals surface area contributed by atoms with Gasteiger partial charge in [0.1, 0.15) is 0 Å². The minimum absolute atomic E-state index is 0.00260. The van der Waals surface area contributed by atoms with Crippen LogP contribution in [0, 0.1) is 10.1 Å². The molecule has 0 bridgehead atoms. The summed E-state index contributed by atoms with van der Waals surface area (Å²) < 4.78 is 7.13. The van der Waals surface area contributed by atoms with E-state index in [2.05, 4.69) is 10.4 Å². The molecule has 35 heavy (non-hydrogen) atoms. The fourth-order valence-corrected chi connectivity index (χ4v) is 3.65. The number of benzene rings is 3. The SMILES string of the molecule is CCOCc1ccc(CNC(=O)Cc2cn(-c3ccccc3)nc2-c2ccc([N+](=O)[O-])cc2)cc1. The van der Waals surface area contributed by atoms with E-state index in [-0.39, 0.29) is 18.0 Å². The van der Waals surface area contributed by atoms with Crippen LogP contribution in [0.25, 0.3) is 16.9 Å². The Morgan fingerprint density at radius 2 is 1.69 bits per heavy atom.